The van der Waals surface area contributed by atoms with E-state index in [1.54, 1.807) is 13.2 Å². The molecule has 1 saturated carbocycles. The Labute approximate surface area is 229 Å². The molecule has 3 N–H and O–H groups in total. The summed E-state index contributed by atoms with van der Waals surface area (Å²) in [5.41, 5.74) is 3.01. The summed E-state index contributed by atoms with van der Waals surface area (Å²) in [6, 6.07) is 9.49. The van der Waals surface area contributed by atoms with Gasteiger partial charge in [-0.05, 0) is 87.2 Å². The van der Waals surface area contributed by atoms with E-state index < -0.39 is 0 Å². The van der Waals surface area contributed by atoms with Crippen molar-refractivity contribution in [3.8, 4) is 5.75 Å². The standard InChI is InChI=1S/C28H39N5O4S/c1-19-17-33(14-15-37-19)26-24(36-3)6-7-25(29-26)30-27(35)22-5-4-21(31-38-20(2)18-34)16-23(22)32-12-10-28(8-9-28)11-13-32/h4-7,16,19-20,31,34H,8-15,17-18H2,1-3H3,(H,29,30,35)/t19-,20+/m1/s1. The van der Waals surface area contributed by atoms with Gasteiger partial charge in [-0.1, -0.05) is 0 Å². The Balaban J connectivity index is 1.37. The van der Waals surface area contributed by atoms with Gasteiger partial charge in [0, 0.05) is 37.1 Å². The first-order valence-corrected chi connectivity index (χ1v) is 14.4. The monoisotopic (exact) mass is 541 g/mol. The molecule has 1 aromatic carbocycles. The number of methoxy groups -OCH3 is 1. The number of carbonyl (C=O) groups excluding carboxylic acids is 1. The number of hydrogen-bond acceptors (Lipinski definition) is 9. The quantitative estimate of drug-likeness (QED) is 0.399. The minimum atomic E-state index is -0.186. The van der Waals surface area contributed by atoms with E-state index in [9.17, 15) is 9.90 Å². The van der Waals surface area contributed by atoms with Gasteiger partial charge in [0.05, 0.1) is 37.7 Å². The number of pyridine rings is 1. The molecule has 2 aliphatic heterocycles. The summed E-state index contributed by atoms with van der Waals surface area (Å²) in [4.78, 5) is 22.9. The third-order valence-electron chi connectivity index (χ3n) is 7.84. The van der Waals surface area contributed by atoms with Gasteiger partial charge in [-0.3, -0.25) is 4.79 Å². The second-order valence-corrected chi connectivity index (χ2v) is 12.0. The van der Waals surface area contributed by atoms with Gasteiger partial charge < -0.3 is 34.4 Å². The van der Waals surface area contributed by atoms with Crippen LogP contribution in [0.5, 0.6) is 5.75 Å². The number of rotatable bonds is 9. The molecule has 1 spiro atoms. The Bertz CT molecular complexity index is 1130. The van der Waals surface area contributed by atoms with Gasteiger partial charge in [0.2, 0.25) is 0 Å². The van der Waals surface area contributed by atoms with Crippen LogP contribution in [0.4, 0.5) is 23.0 Å². The molecule has 2 atom stereocenters. The Morgan fingerprint density at radius 2 is 2.00 bits per heavy atom. The zero-order chi connectivity index (χ0) is 26.7. The number of ether oxygens (including phenoxy) is 2. The topological polar surface area (TPSA) is 99.2 Å². The molecule has 9 nitrogen and oxygen atoms in total. The second kappa shape index (κ2) is 11.6. The molecule has 2 saturated heterocycles. The SMILES string of the molecule is COc1ccc(NC(=O)c2ccc(NS[C@@H](C)CO)cc2N2CCC3(CC2)CC3)nc1N1CCO[C@H](C)C1. The van der Waals surface area contributed by atoms with Crippen LogP contribution in [0, 0.1) is 5.41 Å². The van der Waals surface area contributed by atoms with Gasteiger partial charge in [0.1, 0.15) is 5.82 Å². The number of piperidine rings is 1. The summed E-state index contributed by atoms with van der Waals surface area (Å²) in [6.07, 6.45) is 5.10. The molecule has 5 rings (SSSR count). The minimum Gasteiger partial charge on any atom is -0.493 e. The summed E-state index contributed by atoms with van der Waals surface area (Å²) in [7, 11) is 1.63. The zero-order valence-electron chi connectivity index (χ0n) is 22.5. The predicted octanol–water partition coefficient (Wildman–Crippen LogP) is 4.39. The first-order chi connectivity index (χ1) is 18.4. The van der Waals surface area contributed by atoms with Crippen molar-refractivity contribution >= 4 is 40.9 Å². The number of anilines is 4. The van der Waals surface area contributed by atoms with E-state index in [4.69, 9.17) is 14.5 Å². The lowest BCUT2D eigenvalue weighted by atomic mass is 9.93. The first-order valence-electron chi connectivity index (χ1n) is 13.5. The molecule has 1 aliphatic carbocycles. The molecule has 3 heterocycles. The van der Waals surface area contributed by atoms with Crippen LogP contribution in [0.3, 0.4) is 0 Å². The van der Waals surface area contributed by atoms with Gasteiger partial charge in [-0.15, -0.1) is 0 Å². The lowest BCUT2D eigenvalue weighted by molar-refractivity contribution is 0.0528. The first kappa shape index (κ1) is 26.9. The van der Waals surface area contributed by atoms with Crippen molar-refractivity contribution < 1.29 is 19.4 Å². The number of nitrogens with zero attached hydrogens (tertiary/aromatic N) is 3. The highest BCUT2D eigenvalue weighted by atomic mass is 32.2. The number of amides is 1. The van der Waals surface area contributed by atoms with Crippen LogP contribution in [0.1, 0.15) is 49.9 Å². The number of aliphatic hydroxyl groups excluding tert-OH is 1. The number of nitrogens with one attached hydrogen (secondary N) is 2. The van der Waals surface area contributed by atoms with Crippen molar-refractivity contribution in [1.29, 1.82) is 0 Å². The average Bonchev–Trinajstić information content (AvgIpc) is 3.70. The molecule has 0 radical (unpaired) electrons. The van der Waals surface area contributed by atoms with Crippen LogP contribution in [-0.4, -0.2) is 73.9 Å². The average molecular weight is 542 g/mol. The largest absolute Gasteiger partial charge is 0.493 e. The van der Waals surface area contributed by atoms with Gasteiger partial charge in [0.25, 0.3) is 5.91 Å². The van der Waals surface area contributed by atoms with E-state index in [1.165, 1.54) is 37.6 Å². The fourth-order valence-electron chi connectivity index (χ4n) is 5.24. The van der Waals surface area contributed by atoms with E-state index in [1.807, 2.05) is 32.0 Å². The Morgan fingerprint density at radius 1 is 1.21 bits per heavy atom. The van der Waals surface area contributed by atoms with Crippen molar-refractivity contribution in [2.45, 2.75) is 50.9 Å². The van der Waals surface area contributed by atoms with Crippen LogP contribution >= 0.6 is 11.9 Å². The fraction of sp³-hybridized carbons (Fsp3) is 0.571. The number of morpholine rings is 1. The maximum atomic E-state index is 13.6. The fourth-order valence-corrected chi connectivity index (χ4v) is 5.78. The van der Waals surface area contributed by atoms with Crippen LogP contribution < -0.4 is 24.6 Å². The number of carbonyl (C=O) groups is 1. The molecule has 1 aromatic heterocycles. The molecule has 3 fully saturated rings. The highest BCUT2D eigenvalue weighted by Gasteiger charge is 2.44. The Morgan fingerprint density at radius 3 is 2.68 bits per heavy atom. The van der Waals surface area contributed by atoms with Gasteiger partial charge >= 0.3 is 0 Å². The van der Waals surface area contributed by atoms with Gasteiger partial charge in [0.15, 0.2) is 11.6 Å². The summed E-state index contributed by atoms with van der Waals surface area (Å²) < 4.78 is 14.6. The highest BCUT2D eigenvalue weighted by molar-refractivity contribution is 8.01. The van der Waals surface area contributed by atoms with Gasteiger partial charge in [-0.2, -0.15) is 0 Å². The number of benzene rings is 1. The minimum absolute atomic E-state index is 0.0657. The predicted molar refractivity (Wildman–Crippen MR) is 154 cm³/mol. The summed E-state index contributed by atoms with van der Waals surface area (Å²) in [6.45, 7) is 8.05. The Kier molecular flexibility index (Phi) is 8.20. The molecule has 38 heavy (non-hydrogen) atoms. The van der Waals surface area contributed by atoms with Crippen LogP contribution in [0.2, 0.25) is 0 Å². The molecular formula is C28H39N5O4S. The molecule has 206 valence electrons. The molecule has 10 heteroatoms. The number of aliphatic hydroxyl groups is 1. The van der Waals surface area contributed by atoms with Crippen LogP contribution in [0.25, 0.3) is 0 Å². The molecular weight excluding hydrogens is 502 g/mol. The van der Waals surface area contributed by atoms with Crippen LogP contribution in [0.15, 0.2) is 30.3 Å². The number of aromatic nitrogens is 1. The lowest BCUT2D eigenvalue weighted by Gasteiger charge is -2.35. The van der Waals surface area contributed by atoms with E-state index in [-0.39, 0.29) is 23.9 Å². The van der Waals surface area contributed by atoms with Crippen molar-refractivity contribution in [3.05, 3.63) is 35.9 Å². The maximum Gasteiger partial charge on any atom is 0.258 e. The van der Waals surface area contributed by atoms with Crippen molar-refractivity contribution in [1.82, 2.24) is 4.98 Å². The van der Waals surface area contributed by atoms with E-state index in [0.29, 0.717) is 48.1 Å². The number of hydrogen-bond donors (Lipinski definition) is 3. The summed E-state index contributed by atoms with van der Waals surface area (Å²) in [5, 5.41) is 12.5. The molecule has 0 bridgehead atoms. The molecule has 1 amide bonds. The van der Waals surface area contributed by atoms with Crippen molar-refractivity contribution in [2.75, 3.05) is 66.3 Å². The summed E-state index contributed by atoms with van der Waals surface area (Å²) in [5.74, 6) is 1.68. The molecule has 2 aromatic rings. The van der Waals surface area contributed by atoms with E-state index in [2.05, 4.69) is 25.9 Å². The van der Waals surface area contributed by atoms with Gasteiger partial charge in [-0.25, -0.2) is 4.98 Å². The summed E-state index contributed by atoms with van der Waals surface area (Å²) >= 11 is 1.48. The lowest BCUT2D eigenvalue weighted by Crippen LogP contribution is -2.41. The van der Waals surface area contributed by atoms with Crippen molar-refractivity contribution in [2.24, 2.45) is 5.41 Å². The van der Waals surface area contributed by atoms with Crippen molar-refractivity contribution in [3.63, 3.8) is 0 Å². The second-order valence-electron chi connectivity index (χ2n) is 10.7. The maximum absolute atomic E-state index is 13.6. The smallest absolute Gasteiger partial charge is 0.258 e. The third kappa shape index (κ3) is 6.13. The molecule has 3 aliphatic rings. The van der Waals surface area contributed by atoms with E-state index in [0.717, 1.165) is 24.5 Å². The van der Waals surface area contributed by atoms with E-state index >= 15 is 0 Å². The Hall–Kier alpha value is -2.69. The third-order valence-corrected chi connectivity index (χ3v) is 8.75. The zero-order valence-corrected chi connectivity index (χ0v) is 23.4. The normalized spacial score (nSPS) is 21.2. The molecule has 0 unspecified atom stereocenters. The highest BCUT2D eigenvalue weighted by Crippen LogP contribution is 2.54. The van der Waals surface area contributed by atoms with Crippen LogP contribution in [-0.2, 0) is 4.74 Å².